The van der Waals surface area contributed by atoms with Crippen LogP contribution in [0.2, 0.25) is 0 Å². The van der Waals surface area contributed by atoms with Gasteiger partial charge in [0.25, 0.3) is 0 Å². The minimum Gasteiger partial charge on any atom is -0.467 e. The van der Waals surface area contributed by atoms with E-state index in [1.165, 1.54) is 7.11 Å². The Hall–Kier alpha value is -1.16. The number of ether oxygens (including phenoxy) is 1. The quantitative estimate of drug-likeness (QED) is 0.486. The Bertz CT molecular complexity index is 269. The average molecular weight is 184 g/mol. The fourth-order valence-corrected chi connectivity index (χ4v) is 1.59. The van der Waals surface area contributed by atoms with Crippen LogP contribution < -0.4 is 0 Å². The Labute approximate surface area is 76.2 Å². The topological polar surface area (TPSA) is 63.6 Å². The predicted octanol–water partition coefficient (Wildman–Crippen LogP) is 0.0556. The van der Waals surface area contributed by atoms with E-state index < -0.39 is 11.6 Å². The van der Waals surface area contributed by atoms with Crippen LogP contribution in [0.1, 0.15) is 13.3 Å². The molecule has 72 valence electrons. The molecule has 1 aliphatic rings. The van der Waals surface area contributed by atoms with Crippen LogP contribution in [0.3, 0.4) is 0 Å². The minimum absolute atomic E-state index is 0.0179. The Balaban J connectivity index is 2.98. The van der Waals surface area contributed by atoms with Crippen LogP contribution in [-0.4, -0.2) is 30.1 Å². The Morgan fingerprint density at radius 1 is 1.85 bits per heavy atom. The summed E-state index contributed by atoms with van der Waals surface area (Å²) >= 11 is 0. The van der Waals surface area contributed by atoms with Crippen molar-refractivity contribution in [3.05, 3.63) is 11.6 Å². The maximum atomic E-state index is 11.2. The summed E-state index contributed by atoms with van der Waals surface area (Å²) in [6, 6.07) is 0. The fourth-order valence-electron chi connectivity index (χ4n) is 1.59. The van der Waals surface area contributed by atoms with Gasteiger partial charge in [0.15, 0.2) is 5.60 Å². The van der Waals surface area contributed by atoms with Crippen LogP contribution >= 0.6 is 0 Å². The zero-order valence-electron chi connectivity index (χ0n) is 7.61. The number of carbonyl (C=O) groups excluding carboxylic acids is 2. The molecule has 1 N–H and O–H groups in total. The van der Waals surface area contributed by atoms with E-state index in [4.69, 9.17) is 0 Å². The lowest BCUT2D eigenvalue weighted by Gasteiger charge is -2.20. The van der Waals surface area contributed by atoms with Crippen molar-refractivity contribution < 1.29 is 19.4 Å². The lowest BCUT2D eigenvalue weighted by molar-refractivity contribution is -0.159. The predicted molar refractivity (Wildman–Crippen MR) is 44.9 cm³/mol. The van der Waals surface area contributed by atoms with Gasteiger partial charge in [-0.05, 0) is 12.3 Å². The van der Waals surface area contributed by atoms with Crippen LogP contribution in [0, 0.1) is 5.92 Å². The molecule has 0 amide bonds. The Morgan fingerprint density at radius 2 is 2.46 bits per heavy atom. The third-order valence-corrected chi connectivity index (χ3v) is 2.21. The third-order valence-electron chi connectivity index (χ3n) is 2.21. The molecular weight excluding hydrogens is 172 g/mol. The minimum atomic E-state index is -1.73. The molecule has 0 aromatic carbocycles. The van der Waals surface area contributed by atoms with Crippen LogP contribution in [0.4, 0.5) is 0 Å². The second-order valence-electron chi connectivity index (χ2n) is 3.27. The molecule has 0 unspecified atom stereocenters. The largest absolute Gasteiger partial charge is 0.467 e. The van der Waals surface area contributed by atoms with Crippen LogP contribution in [0.25, 0.3) is 0 Å². The first-order chi connectivity index (χ1) is 6.04. The maximum Gasteiger partial charge on any atom is 0.342 e. The van der Waals surface area contributed by atoms with Gasteiger partial charge in [0.1, 0.15) is 6.29 Å². The lowest BCUT2D eigenvalue weighted by Crippen LogP contribution is -2.40. The molecule has 1 rings (SSSR count). The molecule has 0 radical (unpaired) electrons. The summed E-state index contributed by atoms with van der Waals surface area (Å²) in [7, 11) is 1.19. The molecule has 0 fully saturated rings. The molecule has 0 saturated carbocycles. The number of allylic oxidation sites excluding steroid dienone is 1. The van der Waals surface area contributed by atoms with Gasteiger partial charge in [-0.25, -0.2) is 4.79 Å². The van der Waals surface area contributed by atoms with E-state index in [2.05, 4.69) is 4.74 Å². The Kier molecular flexibility index (Phi) is 2.52. The molecule has 0 bridgehead atoms. The van der Waals surface area contributed by atoms with Gasteiger partial charge in [0.05, 0.1) is 7.11 Å². The number of carbonyl (C=O) groups is 2. The zero-order chi connectivity index (χ0) is 10.1. The molecule has 0 spiro atoms. The highest BCUT2D eigenvalue weighted by Crippen LogP contribution is 2.33. The summed E-state index contributed by atoms with van der Waals surface area (Å²) < 4.78 is 4.43. The van der Waals surface area contributed by atoms with Gasteiger partial charge in [-0.15, -0.1) is 0 Å². The number of aldehydes is 1. The van der Waals surface area contributed by atoms with E-state index in [0.29, 0.717) is 6.29 Å². The highest BCUT2D eigenvalue weighted by atomic mass is 16.5. The van der Waals surface area contributed by atoms with Crippen LogP contribution in [0.15, 0.2) is 11.6 Å². The first-order valence-electron chi connectivity index (χ1n) is 4.03. The molecule has 0 aromatic rings. The van der Waals surface area contributed by atoms with Crippen molar-refractivity contribution in [3.8, 4) is 0 Å². The number of esters is 1. The van der Waals surface area contributed by atoms with Crippen molar-refractivity contribution in [2.75, 3.05) is 7.11 Å². The van der Waals surface area contributed by atoms with Crippen molar-refractivity contribution in [1.29, 1.82) is 0 Å². The first-order valence-corrected chi connectivity index (χ1v) is 4.03. The van der Waals surface area contributed by atoms with Crippen LogP contribution in [0.5, 0.6) is 0 Å². The van der Waals surface area contributed by atoms with E-state index in [0.717, 1.165) is 0 Å². The van der Waals surface area contributed by atoms with Gasteiger partial charge in [-0.1, -0.05) is 13.0 Å². The van der Waals surface area contributed by atoms with E-state index in [9.17, 15) is 14.7 Å². The van der Waals surface area contributed by atoms with Crippen molar-refractivity contribution in [2.24, 2.45) is 5.92 Å². The molecule has 0 saturated heterocycles. The summed E-state index contributed by atoms with van der Waals surface area (Å²) in [5.74, 6) is -0.750. The summed E-state index contributed by atoms with van der Waals surface area (Å²) in [5.41, 5.74) is -1.62. The number of rotatable bonds is 2. The summed E-state index contributed by atoms with van der Waals surface area (Å²) in [4.78, 5) is 21.7. The number of aliphatic hydroxyl groups is 1. The maximum absolute atomic E-state index is 11.2. The number of hydrogen-bond acceptors (Lipinski definition) is 4. The van der Waals surface area contributed by atoms with E-state index in [1.807, 2.05) is 6.92 Å². The van der Waals surface area contributed by atoms with E-state index in [-0.39, 0.29) is 17.9 Å². The van der Waals surface area contributed by atoms with Crippen LogP contribution in [-0.2, 0) is 14.3 Å². The standard InChI is InChI=1S/C9H12O4/c1-6-3-7(5-10)9(12,4-6)8(11)13-2/h3,5-6,12H,4H2,1-2H3/t6-,9+/m0/s1. The normalized spacial score (nSPS) is 32.5. The first kappa shape index (κ1) is 9.92. The zero-order valence-corrected chi connectivity index (χ0v) is 7.61. The Morgan fingerprint density at radius 3 is 2.92 bits per heavy atom. The molecule has 1 aliphatic carbocycles. The van der Waals surface area contributed by atoms with Crippen molar-refractivity contribution >= 4 is 12.3 Å². The van der Waals surface area contributed by atoms with Gasteiger partial charge < -0.3 is 9.84 Å². The van der Waals surface area contributed by atoms with Gasteiger partial charge in [-0.2, -0.15) is 0 Å². The van der Waals surface area contributed by atoms with Gasteiger partial charge in [0.2, 0.25) is 0 Å². The number of methoxy groups -OCH3 is 1. The summed E-state index contributed by atoms with van der Waals surface area (Å²) in [6.07, 6.45) is 2.30. The average Bonchev–Trinajstić information content (AvgIpc) is 2.40. The molecule has 0 heterocycles. The van der Waals surface area contributed by atoms with Crippen molar-refractivity contribution in [1.82, 2.24) is 0 Å². The smallest absolute Gasteiger partial charge is 0.342 e. The second-order valence-corrected chi connectivity index (χ2v) is 3.27. The molecular formula is C9H12O4. The monoisotopic (exact) mass is 184 g/mol. The van der Waals surface area contributed by atoms with Gasteiger partial charge in [0, 0.05) is 5.57 Å². The molecule has 4 heteroatoms. The summed E-state index contributed by atoms with van der Waals surface area (Å²) in [6.45, 7) is 1.82. The molecule has 4 nitrogen and oxygen atoms in total. The van der Waals surface area contributed by atoms with E-state index in [1.54, 1.807) is 6.08 Å². The highest BCUT2D eigenvalue weighted by Gasteiger charge is 2.45. The molecule has 0 aromatic heterocycles. The fraction of sp³-hybridized carbons (Fsp3) is 0.556. The molecule has 0 aliphatic heterocycles. The van der Waals surface area contributed by atoms with Gasteiger partial charge in [-0.3, -0.25) is 4.79 Å². The van der Waals surface area contributed by atoms with E-state index >= 15 is 0 Å². The third kappa shape index (κ3) is 1.49. The van der Waals surface area contributed by atoms with Gasteiger partial charge >= 0.3 is 5.97 Å². The van der Waals surface area contributed by atoms with Crippen molar-refractivity contribution in [3.63, 3.8) is 0 Å². The second kappa shape index (κ2) is 3.30. The molecule has 2 atom stereocenters. The molecule has 13 heavy (non-hydrogen) atoms. The lowest BCUT2D eigenvalue weighted by atomic mass is 9.95. The number of hydrogen-bond donors (Lipinski definition) is 1. The van der Waals surface area contributed by atoms with Crippen molar-refractivity contribution in [2.45, 2.75) is 18.9 Å². The summed E-state index contributed by atoms with van der Waals surface area (Å²) in [5, 5.41) is 9.82. The SMILES string of the molecule is COC(=O)[C@@]1(O)C[C@@H](C)C=C1C=O. The highest BCUT2D eigenvalue weighted by molar-refractivity contribution is 5.94.